The molecule has 0 fully saturated rings. The molecule has 0 spiro atoms. The highest BCUT2D eigenvalue weighted by atomic mass is 35.5. The van der Waals surface area contributed by atoms with Crippen molar-refractivity contribution in [2.45, 2.75) is 27.2 Å². The summed E-state index contributed by atoms with van der Waals surface area (Å²) in [6.45, 7) is 5.35. The first-order chi connectivity index (χ1) is 9.22. The second-order valence-electron chi connectivity index (χ2n) is 5.64. The molecule has 0 aliphatic rings. The van der Waals surface area contributed by atoms with Crippen LogP contribution in [-0.4, -0.2) is 23.5 Å². The van der Waals surface area contributed by atoms with E-state index in [9.17, 15) is 9.59 Å². The highest BCUT2D eigenvalue weighted by Crippen LogP contribution is 2.23. The predicted octanol–water partition coefficient (Wildman–Crippen LogP) is 2.75. The Morgan fingerprint density at radius 3 is 2.60 bits per heavy atom. The zero-order chi connectivity index (χ0) is 15.3. The molecule has 4 nitrogen and oxygen atoms in total. The number of aliphatic carboxylic acids is 1. The summed E-state index contributed by atoms with van der Waals surface area (Å²) in [5.74, 6) is -1.68. The maximum atomic E-state index is 12.1. The van der Waals surface area contributed by atoms with Gasteiger partial charge in [0.25, 0.3) is 0 Å². The third-order valence-electron chi connectivity index (χ3n) is 3.14. The summed E-state index contributed by atoms with van der Waals surface area (Å²) in [4.78, 5) is 22.9. The second kappa shape index (κ2) is 6.75. The van der Waals surface area contributed by atoms with Crippen LogP contribution in [0.2, 0.25) is 5.02 Å². The van der Waals surface area contributed by atoms with Crippen LogP contribution in [0.15, 0.2) is 24.3 Å². The van der Waals surface area contributed by atoms with Gasteiger partial charge in [-0.1, -0.05) is 44.5 Å². The average molecular weight is 298 g/mol. The molecule has 1 unspecified atom stereocenters. The number of benzene rings is 1. The van der Waals surface area contributed by atoms with Crippen molar-refractivity contribution in [3.63, 3.8) is 0 Å². The van der Waals surface area contributed by atoms with Crippen molar-refractivity contribution in [3.05, 3.63) is 34.9 Å². The molecule has 1 rings (SSSR count). The van der Waals surface area contributed by atoms with Crippen LogP contribution >= 0.6 is 11.6 Å². The molecular weight excluding hydrogens is 278 g/mol. The minimum absolute atomic E-state index is 0.132. The molecule has 5 heteroatoms. The van der Waals surface area contributed by atoms with Crippen LogP contribution in [-0.2, 0) is 16.0 Å². The monoisotopic (exact) mass is 297 g/mol. The van der Waals surface area contributed by atoms with Crippen LogP contribution in [0.5, 0.6) is 0 Å². The van der Waals surface area contributed by atoms with Crippen molar-refractivity contribution in [3.8, 4) is 0 Å². The van der Waals surface area contributed by atoms with E-state index in [0.717, 1.165) is 5.56 Å². The topological polar surface area (TPSA) is 66.4 Å². The van der Waals surface area contributed by atoms with Gasteiger partial charge in [0.15, 0.2) is 0 Å². The van der Waals surface area contributed by atoms with Gasteiger partial charge in [-0.2, -0.15) is 0 Å². The molecule has 0 radical (unpaired) electrons. The van der Waals surface area contributed by atoms with Crippen molar-refractivity contribution in [2.24, 2.45) is 11.3 Å². The van der Waals surface area contributed by atoms with E-state index in [1.165, 1.54) is 0 Å². The lowest BCUT2D eigenvalue weighted by atomic mass is 9.84. The van der Waals surface area contributed by atoms with Crippen LogP contribution in [0.4, 0.5) is 0 Å². The van der Waals surface area contributed by atoms with Gasteiger partial charge in [-0.15, -0.1) is 0 Å². The van der Waals surface area contributed by atoms with E-state index >= 15 is 0 Å². The lowest BCUT2D eigenvalue weighted by molar-refractivity contribution is -0.141. The molecule has 20 heavy (non-hydrogen) atoms. The van der Waals surface area contributed by atoms with Gasteiger partial charge in [0.2, 0.25) is 5.91 Å². The average Bonchev–Trinajstić information content (AvgIpc) is 2.34. The maximum Gasteiger partial charge on any atom is 0.308 e. The van der Waals surface area contributed by atoms with E-state index in [4.69, 9.17) is 16.7 Å². The Morgan fingerprint density at radius 2 is 2.05 bits per heavy atom. The SMILES string of the molecule is CC(CNC(=O)C(C)(C)Cc1cccc(Cl)c1)C(=O)O. The Bertz CT molecular complexity index is 500. The van der Waals surface area contributed by atoms with Gasteiger partial charge in [-0.25, -0.2) is 0 Å². The molecule has 0 heterocycles. The fourth-order valence-corrected chi connectivity index (χ4v) is 2.02. The number of nitrogens with one attached hydrogen (secondary N) is 1. The van der Waals surface area contributed by atoms with Crippen LogP contribution in [0.3, 0.4) is 0 Å². The maximum absolute atomic E-state index is 12.1. The van der Waals surface area contributed by atoms with E-state index in [-0.39, 0.29) is 12.5 Å². The number of hydrogen-bond acceptors (Lipinski definition) is 2. The number of rotatable bonds is 6. The first-order valence-corrected chi connectivity index (χ1v) is 6.86. The van der Waals surface area contributed by atoms with Crippen molar-refractivity contribution in [1.29, 1.82) is 0 Å². The molecule has 0 bridgehead atoms. The Hall–Kier alpha value is -1.55. The smallest absolute Gasteiger partial charge is 0.308 e. The number of carbonyl (C=O) groups is 2. The van der Waals surface area contributed by atoms with Gasteiger partial charge in [0, 0.05) is 17.0 Å². The largest absolute Gasteiger partial charge is 0.481 e. The molecule has 2 N–H and O–H groups in total. The third kappa shape index (κ3) is 4.85. The van der Waals surface area contributed by atoms with Crippen molar-refractivity contribution >= 4 is 23.5 Å². The molecule has 1 aromatic rings. The summed E-state index contributed by atoms with van der Waals surface area (Å²) in [5, 5.41) is 12.1. The lowest BCUT2D eigenvalue weighted by Gasteiger charge is -2.24. The first kappa shape index (κ1) is 16.5. The second-order valence-corrected chi connectivity index (χ2v) is 6.08. The van der Waals surface area contributed by atoms with Crippen LogP contribution in [0, 0.1) is 11.3 Å². The molecule has 0 aliphatic carbocycles. The lowest BCUT2D eigenvalue weighted by Crippen LogP contribution is -2.41. The quantitative estimate of drug-likeness (QED) is 0.848. The van der Waals surface area contributed by atoms with Gasteiger partial charge in [-0.3, -0.25) is 9.59 Å². The normalized spacial score (nSPS) is 12.8. The number of carbonyl (C=O) groups excluding carboxylic acids is 1. The summed E-state index contributed by atoms with van der Waals surface area (Å²) in [7, 11) is 0. The molecule has 1 atom stereocenters. The number of carboxylic acids is 1. The van der Waals surface area contributed by atoms with Crippen molar-refractivity contribution < 1.29 is 14.7 Å². The Kier molecular flexibility index (Phi) is 5.57. The predicted molar refractivity (Wildman–Crippen MR) is 78.7 cm³/mol. The van der Waals surface area contributed by atoms with Crippen LogP contribution in [0.1, 0.15) is 26.3 Å². The standard InChI is InChI=1S/C15H20ClNO3/c1-10(13(18)19)9-17-14(20)15(2,3)8-11-5-4-6-12(16)7-11/h4-7,10H,8-9H2,1-3H3,(H,17,20)(H,18,19). The van der Waals surface area contributed by atoms with E-state index in [1.807, 2.05) is 32.0 Å². The van der Waals surface area contributed by atoms with E-state index < -0.39 is 17.3 Å². The van der Waals surface area contributed by atoms with Gasteiger partial charge in [-0.05, 0) is 24.1 Å². The number of hydrogen-bond donors (Lipinski definition) is 2. The molecule has 0 saturated carbocycles. The van der Waals surface area contributed by atoms with E-state index in [2.05, 4.69) is 5.32 Å². The zero-order valence-corrected chi connectivity index (χ0v) is 12.7. The highest BCUT2D eigenvalue weighted by Gasteiger charge is 2.28. The Balaban J connectivity index is 2.63. The molecule has 1 aromatic carbocycles. The molecule has 0 aromatic heterocycles. The summed E-state index contributed by atoms with van der Waals surface area (Å²) >= 11 is 5.93. The van der Waals surface area contributed by atoms with Gasteiger partial charge in [0.05, 0.1) is 5.92 Å². The van der Waals surface area contributed by atoms with Crippen LogP contribution in [0.25, 0.3) is 0 Å². The fraction of sp³-hybridized carbons (Fsp3) is 0.467. The highest BCUT2D eigenvalue weighted by molar-refractivity contribution is 6.30. The first-order valence-electron chi connectivity index (χ1n) is 6.48. The third-order valence-corrected chi connectivity index (χ3v) is 3.38. The molecule has 110 valence electrons. The Labute approximate surface area is 124 Å². The van der Waals surface area contributed by atoms with Crippen molar-refractivity contribution in [1.82, 2.24) is 5.32 Å². The van der Waals surface area contributed by atoms with E-state index in [1.54, 1.807) is 13.0 Å². The van der Waals surface area contributed by atoms with Crippen LogP contribution < -0.4 is 5.32 Å². The van der Waals surface area contributed by atoms with E-state index in [0.29, 0.717) is 11.4 Å². The molecule has 1 amide bonds. The molecule has 0 aliphatic heterocycles. The fourth-order valence-electron chi connectivity index (χ4n) is 1.81. The zero-order valence-electron chi connectivity index (χ0n) is 11.9. The summed E-state index contributed by atoms with van der Waals surface area (Å²) in [6, 6.07) is 7.38. The Morgan fingerprint density at radius 1 is 1.40 bits per heavy atom. The number of halogens is 1. The molecular formula is C15H20ClNO3. The summed E-state index contributed by atoms with van der Waals surface area (Å²) in [5.41, 5.74) is 0.354. The minimum atomic E-state index is -0.919. The summed E-state index contributed by atoms with van der Waals surface area (Å²) in [6.07, 6.45) is 0.543. The number of carboxylic acid groups (broad SMARTS) is 1. The summed E-state index contributed by atoms with van der Waals surface area (Å²) < 4.78 is 0. The number of amides is 1. The van der Waals surface area contributed by atoms with Gasteiger partial charge < -0.3 is 10.4 Å². The van der Waals surface area contributed by atoms with Crippen molar-refractivity contribution in [2.75, 3.05) is 6.54 Å². The molecule has 0 saturated heterocycles. The van der Waals surface area contributed by atoms with Gasteiger partial charge in [0.1, 0.15) is 0 Å². The van der Waals surface area contributed by atoms with Gasteiger partial charge >= 0.3 is 5.97 Å². The minimum Gasteiger partial charge on any atom is -0.481 e.